The molecule has 31 heavy (non-hydrogen) atoms. The quantitative estimate of drug-likeness (QED) is 0.535. The van der Waals surface area contributed by atoms with E-state index in [4.69, 9.17) is 4.74 Å². The average molecular weight is 450 g/mol. The van der Waals surface area contributed by atoms with Crippen molar-refractivity contribution in [1.82, 2.24) is 19.2 Å². The first-order valence-corrected chi connectivity index (χ1v) is 10.7. The highest BCUT2D eigenvalue weighted by molar-refractivity contribution is 7.09. The van der Waals surface area contributed by atoms with E-state index < -0.39 is 23.1 Å². The van der Waals surface area contributed by atoms with Gasteiger partial charge in [-0.15, -0.1) is 0 Å². The predicted molar refractivity (Wildman–Crippen MR) is 113 cm³/mol. The van der Waals surface area contributed by atoms with Gasteiger partial charge in [0.15, 0.2) is 17.5 Å². The van der Waals surface area contributed by atoms with E-state index in [1.54, 1.807) is 7.11 Å². The van der Waals surface area contributed by atoms with Gasteiger partial charge in [-0.2, -0.15) is 13.7 Å². The molecular weight excluding hydrogens is 427 g/mol. The number of aromatic nitrogens is 3. The summed E-state index contributed by atoms with van der Waals surface area (Å²) in [6, 6.07) is 8.06. The van der Waals surface area contributed by atoms with Gasteiger partial charge < -0.3 is 9.64 Å². The van der Waals surface area contributed by atoms with Gasteiger partial charge in [-0.3, -0.25) is 4.90 Å². The van der Waals surface area contributed by atoms with Crippen molar-refractivity contribution >= 4 is 16.7 Å². The first-order valence-electron chi connectivity index (χ1n) is 9.91. The number of methoxy groups -OCH3 is 1. The Kier molecular flexibility index (Phi) is 6.38. The number of halogens is 3. The molecule has 4 rings (SSSR count). The second-order valence-electron chi connectivity index (χ2n) is 7.32. The third-order valence-corrected chi connectivity index (χ3v) is 6.14. The molecule has 1 aliphatic rings. The largest absolute Gasteiger partial charge is 0.497 e. The van der Waals surface area contributed by atoms with E-state index in [1.807, 2.05) is 17.0 Å². The summed E-state index contributed by atoms with van der Waals surface area (Å²) in [4.78, 5) is 12.0. The van der Waals surface area contributed by atoms with Crippen molar-refractivity contribution < 1.29 is 17.9 Å². The topological polar surface area (TPSA) is 54.4 Å². The summed E-state index contributed by atoms with van der Waals surface area (Å²) in [5.74, 6) is -2.93. The van der Waals surface area contributed by atoms with Gasteiger partial charge in [0.1, 0.15) is 11.3 Å². The van der Waals surface area contributed by atoms with Gasteiger partial charge in [-0.05, 0) is 31.0 Å². The van der Waals surface area contributed by atoms with Crippen molar-refractivity contribution in [3.8, 4) is 17.1 Å². The molecule has 0 radical (unpaired) electrons. The zero-order valence-electron chi connectivity index (χ0n) is 17.2. The standard InChI is InChI=1S/C21H22F3N5OS/c1-13-17(22)18(23)16(19(24)25-13)20-26-21(31-27-20)29-11-9-28(10-12-29)8-7-14-3-5-15(30-2)6-4-14/h3-6H,7-12H2,1-2H3. The highest BCUT2D eigenvalue weighted by Gasteiger charge is 2.25. The summed E-state index contributed by atoms with van der Waals surface area (Å²) < 4.78 is 51.4. The van der Waals surface area contributed by atoms with Crippen LogP contribution in [0.1, 0.15) is 11.3 Å². The molecule has 1 saturated heterocycles. The minimum Gasteiger partial charge on any atom is -0.497 e. The number of benzene rings is 1. The second kappa shape index (κ2) is 9.19. The number of pyridine rings is 1. The van der Waals surface area contributed by atoms with E-state index in [1.165, 1.54) is 12.5 Å². The number of piperazine rings is 1. The lowest BCUT2D eigenvalue weighted by Gasteiger charge is -2.34. The Morgan fingerprint density at radius 1 is 1.00 bits per heavy atom. The van der Waals surface area contributed by atoms with Gasteiger partial charge in [0.2, 0.25) is 11.1 Å². The van der Waals surface area contributed by atoms with Crippen LogP contribution in [0.2, 0.25) is 0 Å². The van der Waals surface area contributed by atoms with Gasteiger partial charge in [0, 0.05) is 44.3 Å². The van der Waals surface area contributed by atoms with Gasteiger partial charge in [0.25, 0.3) is 0 Å². The molecule has 0 bridgehead atoms. The molecule has 0 aliphatic carbocycles. The summed E-state index contributed by atoms with van der Waals surface area (Å²) >= 11 is 1.04. The van der Waals surface area contributed by atoms with Crippen LogP contribution in [0.3, 0.4) is 0 Å². The molecule has 0 atom stereocenters. The van der Waals surface area contributed by atoms with E-state index in [0.29, 0.717) is 5.13 Å². The van der Waals surface area contributed by atoms with Gasteiger partial charge in [0.05, 0.1) is 12.8 Å². The zero-order chi connectivity index (χ0) is 22.0. The fraction of sp³-hybridized carbons (Fsp3) is 0.381. The number of hydrogen-bond donors (Lipinski definition) is 0. The normalized spacial score (nSPS) is 14.8. The van der Waals surface area contributed by atoms with Gasteiger partial charge >= 0.3 is 0 Å². The number of nitrogens with zero attached hydrogens (tertiary/aromatic N) is 5. The minimum absolute atomic E-state index is 0.177. The van der Waals surface area contributed by atoms with Crippen LogP contribution >= 0.6 is 11.5 Å². The van der Waals surface area contributed by atoms with Crippen molar-refractivity contribution in [1.29, 1.82) is 0 Å². The maximum absolute atomic E-state index is 14.2. The number of hydrogen-bond acceptors (Lipinski definition) is 7. The van der Waals surface area contributed by atoms with Crippen molar-refractivity contribution in [2.24, 2.45) is 0 Å². The molecule has 0 spiro atoms. The zero-order valence-corrected chi connectivity index (χ0v) is 18.1. The van der Waals surface area contributed by atoms with Crippen LogP contribution in [0, 0.1) is 24.5 Å². The molecule has 6 nitrogen and oxygen atoms in total. The highest BCUT2D eigenvalue weighted by atomic mass is 32.1. The van der Waals surface area contributed by atoms with E-state index in [-0.39, 0.29) is 11.5 Å². The summed E-state index contributed by atoms with van der Waals surface area (Å²) in [5.41, 5.74) is 0.295. The van der Waals surface area contributed by atoms with Crippen LogP contribution in [0.4, 0.5) is 18.3 Å². The number of rotatable bonds is 6. The number of anilines is 1. The Morgan fingerprint density at radius 3 is 2.39 bits per heavy atom. The Labute approximate surface area is 182 Å². The molecular formula is C21H22F3N5OS. The third-order valence-electron chi connectivity index (χ3n) is 5.36. The van der Waals surface area contributed by atoms with Gasteiger partial charge in [-0.1, -0.05) is 12.1 Å². The molecule has 10 heteroatoms. The Morgan fingerprint density at radius 2 is 1.71 bits per heavy atom. The molecule has 3 heterocycles. The first-order chi connectivity index (χ1) is 15.0. The molecule has 0 N–H and O–H groups in total. The SMILES string of the molecule is COc1ccc(CCN2CCN(c3nc(-c4c(F)nc(C)c(F)c4F)ns3)CC2)cc1. The molecule has 0 unspecified atom stereocenters. The first kappa shape index (κ1) is 21.5. The second-order valence-corrected chi connectivity index (χ2v) is 8.05. The van der Waals surface area contributed by atoms with Crippen molar-refractivity contribution in [2.45, 2.75) is 13.3 Å². The lowest BCUT2D eigenvalue weighted by atomic mass is 10.1. The van der Waals surface area contributed by atoms with Crippen LogP contribution in [0.15, 0.2) is 24.3 Å². The monoisotopic (exact) mass is 449 g/mol. The fourth-order valence-corrected chi connectivity index (χ4v) is 4.21. The Bertz CT molecular complexity index is 1050. The molecule has 0 saturated carbocycles. The molecule has 3 aromatic rings. The molecule has 1 aliphatic heterocycles. The summed E-state index contributed by atoms with van der Waals surface area (Å²) in [7, 11) is 1.65. The maximum atomic E-state index is 14.2. The highest BCUT2D eigenvalue weighted by Crippen LogP contribution is 2.29. The summed E-state index contributed by atoms with van der Waals surface area (Å²) in [6.45, 7) is 5.28. The smallest absolute Gasteiger partial charge is 0.227 e. The molecule has 1 fully saturated rings. The van der Waals surface area contributed by atoms with Crippen molar-refractivity contribution in [2.75, 3.05) is 44.7 Å². The van der Waals surface area contributed by atoms with Crippen molar-refractivity contribution in [3.63, 3.8) is 0 Å². The lowest BCUT2D eigenvalue weighted by Crippen LogP contribution is -2.47. The number of ether oxygens (including phenoxy) is 1. The summed E-state index contributed by atoms with van der Waals surface area (Å²) in [6.07, 6.45) is 0.942. The van der Waals surface area contributed by atoms with E-state index in [2.05, 4.69) is 31.4 Å². The molecule has 1 aromatic carbocycles. The molecule has 0 amide bonds. The molecule has 2 aromatic heterocycles. The van der Waals surface area contributed by atoms with Crippen LogP contribution < -0.4 is 9.64 Å². The van der Waals surface area contributed by atoms with Crippen molar-refractivity contribution in [3.05, 3.63) is 53.1 Å². The van der Waals surface area contributed by atoms with Crippen LogP contribution in [0.25, 0.3) is 11.4 Å². The Hall–Kier alpha value is -2.72. The minimum atomic E-state index is -1.31. The Balaban J connectivity index is 1.36. The van der Waals surface area contributed by atoms with Crippen LogP contribution in [-0.2, 0) is 6.42 Å². The average Bonchev–Trinajstić information content (AvgIpc) is 3.26. The number of aryl methyl sites for hydroxylation is 1. The van der Waals surface area contributed by atoms with E-state index >= 15 is 0 Å². The predicted octanol–water partition coefficient (Wildman–Crippen LogP) is 3.70. The van der Waals surface area contributed by atoms with Gasteiger partial charge in [-0.25, -0.2) is 13.8 Å². The fourth-order valence-electron chi connectivity index (χ4n) is 3.49. The van der Waals surface area contributed by atoms with Crippen LogP contribution in [-0.4, -0.2) is 59.1 Å². The van der Waals surface area contributed by atoms with E-state index in [9.17, 15) is 13.2 Å². The lowest BCUT2D eigenvalue weighted by molar-refractivity contribution is 0.261. The van der Waals surface area contributed by atoms with E-state index in [0.717, 1.165) is 56.4 Å². The third kappa shape index (κ3) is 4.64. The maximum Gasteiger partial charge on any atom is 0.227 e. The summed E-state index contributed by atoms with van der Waals surface area (Å²) in [5, 5.41) is 0.560. The molecule has 164 valence electrons. The van der Waals surface area contributed by atoms with Crippen LogP contribution in [0.5, 0.6) is 5.75 Å².